The molecule has 1 saturated heterocycles. The Morgan fingerprint density at radius 1 is 1.14 bits per heavy atom. The van der Waals surface area contributed by atoms with E-state index in [9.17, 15) is 14.2 Å². The zero-order chi connectivity index (χ0) is 26.6. The molecule has 2 aliphatic heterocycles. The van der Waals surface area contributed by atoms with Crippen LogP contribution in [0.1, 0.15) is 42.7 Å². The van der Waals surface area contributed by atoms with E-state index in [-0.39, 0.29) is 54.4 Å². The van der Waals surface area contributed by atoms with Crippen LogP contribution in [0.25, 0.3) is 0 Å². The molecule has 2 aromatic rings. The summed E-state index contributed by atoms with van der Waals surface area (Å²) in [5, 5.41) is 1.92. The highest BCUT2D eigenvalue weighted by Crippen LogP contribution is 2.48. The van der Waals surface area contributed by atoms with E-state index < -0.39 is 18.7 Å². The maximum absolute atomic E-state index is 14.1. The molecule has 1 unspecified atom stereocenters. The van der Waals surface area contributed by atoms with Gasteiger partial charge in [-0.05, 0) is 41.8 Å². The number of rotatable bonds is 11. The van der Waals surface area contributed by atoms with Gasteiger partial charge in [0, 0.05) is 26.2 Å². The van der Waals surface area contributed by atoms with E-state index in [1.54, 1.807) is 29.6 Å². The molecule has 12 heteroatoms. The third-order valence-corrected chi connectivity index (χ3v) is 9.38. The van der Waals surface area contributed by atoms with E-state index in [4.69, 9.17) is 18.5 Å². The molecule has 0 radical (unpaired) electrons. The Bertz CT molecular complexity index is 1210. The summed E-state index contributed by atoms with van der Waals surface area (Å²) in [4.78, 5) is 28.9. The third-order valence-electron chi connectivity index (χ3n) is 6.65. The van der Waals surface area contributed by atoms with Crippen molar-refractivity contribution in [1.29, 1.82) is 0 Å². The average Bonchev–Trinajstić information content (AvgIpc) is 3.37. The minimum atomic E-state index is -3.27. The summed E-state index contributed by atoms with van der Waals surface area (Å²) >= 11 is 3.35. The number of carbonyl (C=O) groups is 1. The molecular weight excluding hydrogens is 565 g/mol. The smallest absolute Gasteiger partial charge is 0.330 e. The number of carbonyl (C=O) groups excluding carboxylic acids is 1. The van der Waals surface area contributed by atoms with Crippen LogP contribution in [0.3, 0.4) is 0 Å². The molecule has 1 aromatic heterocycles. The molecule has 1 atom stereocenters. The molecule has 0 N–H and O–H groups in total. The van der Waals surface area contributed by atoms with E-state index in [1.807, 2.05) is 42.4 Å². The molecule has 1 spiro atoms. The highest BCUT2D eigenvalue weighted by atomic mass is 79.9. The van der Waals surface area contributed by atoms with Gasteiger partial charge in [-0.15, -0.1) is 0 Å². The lowest BCUT2D eigenvalue weighted by Gasteiger charge is -2.52. The minimum absolute atomic E-state index is 0.0249. The molecule has 1 amide bonds. The van der Waals surface area contributed by atoms with Crippen molar-refractivity contribution in [3.05, 3.63) is 62.5 Å². The van der Waals surface area contributed by atoms with Crippen molar-refractivity contribution in [2.24, 2.45) is 0 Å². The van der Waals surface area contributed by atoms with E-state index in [0.29, 0.717) is 26.1 Å². The first-order valence-electron chi connectivity index (χ1n) is 12.4. The largest absolute Gasteiger partial charge is 0.482 e. The quantitative estimate of drug-likeness (QED) is 0.359. The van der Waals surface area contributed by atoms with Crippen molar-refractivity contribution in [2.75, 3.05) is 51.2 Å². The molecule has 1 aromatic carbocycles. The van der Waals surface area contributed by atoms with Gasteiger partial charge in [0.05, 0.1) is 37.1 Å². The number of hydrogen-bond acceptors (Lipinski definition) is 8. The van der Waals surface area contributed by atoms with Gasteiger partial charge >= 0.3 is 7.60 Å². The normalized spacial score (nSPS) is 19.5. The van der Waals surface area contributed by atoms with Crippen molar-refractivity contribution >= 4 is 29.4 Å². The topological polar surface area (TPSA) is 99.5 Å². The van der Waals surface area contributed by atoms with E-state index >= 15 is 0 Å². The lowest BCUT2D eigenvalue weighted by atomic mass is 10.0. The molecule has 202 valence electrons. The number of fused-ring (bicyclic) bond motifs is 1. The monoisotopic (exact) mass is 597 g/mol. The Balaban J connectivity index is 1.68. The Hall–Kier alpha value is -2.17. The van der Waals surface area contributed by atoms with Crippen LogP contribution in [-0.4, -0.2) is 67.3 Å². The lowest BCUT2D eigenvalue weighted by molar-refractivity contribution is 0.0220. The van der Waals surface area contributed by atoms with Crippen molar-refractivity contribution in [1.82, 2.24) is 9.58 Å². The van der Waals surface area contributed by atoms with Crippen LogP contribution in [-0.2, 0) is 25.0 Å². The van der Waals surface area contributed by atoms with Gasteiger partial charge in [0.15, 0.2) is 17.1 Å². The molecular formula is C25H33BrN3O7P. The number of halogens is 1. The first-order chi connectivity index (χ1) is 17.8. The van der Waals surface area contributed by atoms with Crippen LogP contribution in [0, 0.1) is 0 Å². The maximum atomic E-state index is 14.1. The molecule has 0 saturated carbocycles. The molecule has 2 aliphatic rings. The van der Waals surface area contributed by atoms with E-state index in [0.717, 1.165) is 5.56 Å². The number of hydrogen-bond donors (Lipinski definition) is 0. The highest BCUT2D eigenvalue weighted by Gasteiger charge is 2.52. The fraction of sp³-hybridized carbons (Fsp3) is 0.520. The predicted octanol–water partition coefficient (Wildman–Crippen LogP) is 3.99. The van der Waals surface area contributed by atoms with Crippen molar-refractivity contribution in [3.8, 4) is 5.75 Å². The fourth-order valence-corrected chi connectivity index (χ4v) is 6.86. The highest BCUT2D eigenvalue weighted by molar-refractivity contribution is 9.10. The number of ether oxygens (including phenoxy) is 2. The summed E-state index contributed by atoms with van der Waals surface area (Å²) in [5.41, 5.74) is -0.157. The second-order valence-electron chi connectivity index (χ2n) is 8.89. The standard InChI is InChI=1S/C25H33BrN3O7P/c1-4-35-37(32,36-5-2)15-9-13-28-24(31)21-23(34-17-19-10-7-6-8-11-19)22(30)20(26)16-29(21)27(3)25(28)12-14-33-18-25/h6-8,10-11,16H,4-5,9,12-15,17-18H2,1-3H3. The van der Waals surface area contributed by atoms with Gasteiger partial charge in [0.2, 0.25) is 5.43 Å². The van der Waals surface area contributed by atoms with Crippen LogP contribution in [0.2, 0.25) is 0 Å². The van der Waals surface area contributed by atoms with Gasteiger partial charge in [0.25, 0.3) is 5.91 Å². The van der Waals surface area contributed by atoms with Crippen LogP contribution >= 0.6 is 23.5 Å². The zero-order valence-electron chi connectivity index (χ0n) is 21.4. The molecule has 0 aliphatic carbocycles. The van der Waals surface area contributed by atoms with Crippen molar-refractivity contribution in [2.45, 2.75) is 39.0 Å². The summed E-state index contributed by atoms with van der Waals surface area (Å²) in [7, 11) is -1.41. The second kappa shape index (κ2) is 11.7. The van der Waals surface area contributed by atoms with E-state index in [2.05, 4.69) is 15.9 Å². The van der Waals surface area contributed by atoms with Crippen molar-refractivity contribution < 1.29 is 27.9 Å². The summed E-state index contributed by atoms with van der Waals surface area (Å²) < 4.78 is 37.6. The Morgan fingerprint density at radius 3 is 2.46 bits per heavy atom. The minimum Gasteiger partial charge on any atom is -0.482 e. The molecule has 37 heavy (non-hydrogen) atoms. The summed E-state index contributed by atoms with van der Waals surface area (Å²) in [6, 6.07) is 9.45. The van der Waals surface area contributed by atoms with Gasteiger partial charge in [-0.2, -0.15) is 0 Å². The number of amides is 1. The Labute approximate surface area is 225 Å². The fourth-order valence-electron chi connectivity index (χ4n) is 4.84. The molecule has 0 bridgehead atoms. The number of benzene rings is 1. The number of pyridine rings is 1. The van der Waals surface area contributed by atoms with E-state index in [1.165, 1.54) is 0 Å². The average molecular weight is 598 g/mol. The summed E-state index contributed by atoms with van der Waals surface area (Å²) in [5.74, 6) is -0.373. The van der Waals surface area contributed by atoms with Gasteiger partial charge in [-0.1, -0.05) is 30.3 Å². The number of nitrogens with zero attached hydrogens (tertiary/aromatic N) is 3. The van der Waals surface area contributed by atoms with Gasteiger partial charge < -0.3 is 23.4 Å². The number of aromatic nitrogens is 1. The van der Waals surface area contributed by atoms with Crippen LogP contribution in [0.5, 0.6) is 5.75 Å². The van der Waals surface area contributed by atoms with Crippen LogP contribution in [0.4, 0.5) is 0 Å². The van der Waals surface area contributed by atoms with Crippen LogP contribution < -0.4 is 15.2 Å². The summed E-state index contributed by atoms with van der Waals surface area (Å²) in [6.45, 7) is 5.27. The first kappa shape index (κ1) is 27.9. The summed E-state index contributed by atoms with van der Waals surface area (Å²) in [6.07, 6.45) is 2.73. The molecule has 10 nitrogen and oxygen atoms in total. The van der Waals surface area contributed by atoms with Crippen molar-refractivity contribution in [3.63, 3.8) is 0 Å². The second-order valence-corrected chi connectivity index (χ2v) is 11.9. The predicted molar refractivity (Wildman–Crippen MR) is 143 cm³/mol. The Kier molecular flexibility index (Phi) is 8.81. The molecule has 4 rings (SSSR count). The van der Waals surface area contributed by atoms with Gasteiger partial charge in [-0.25, -0.2) is 0 Å². The Morgan fingerprint density at radius 2 is 1.84 bits per heavy atom. The zero-order valence-corrected chi connectivity index (χ0v) is 23.8. The molecule has 1 fully saturated rings. The number of likely N-dealkylation sites (N-methyl/N-ethyl adjacent to an activating group) is 1. The SMILES string of the molecule is CCOP(=O)(CCCN1C(=O)c2c(OCc3ccccc3)c(=O)c(Br)cn2N(C)C12CCOC2)OCC. The van der Waals surface area contributed by atoms with Crippen LogP contribution in [0.15, 0.2) is 45.8 Å². The first-order valence-corrected chi connectivity index (χ1v) is 14.9. The van der Waals surface area contributed by atoms with Gasteiger partial charge in [0.1, 0.15) is 6.61 Å². The van der Waals surface area contributed by atoms with Gasteiger partial charge in [-0.3, -0.25) is 23.8 Å². The molecule has 3 heterocycles. The third kappa shape index (κ3) is 5.52. The lowest BCUT2D eigenvalue weighted by Crippen LogP contribution is -2.70. The maximum Gasteiger partial charge on any atom is 0.330 e.